The third-order valence-corrected chi connectivity index (χ3v) is 5.24. The van der Waals surface area contributed by atoms with Crippen LogP contribution in [0.3, 0.4) is 0 Å². The summed E-state index contributed by atoms with van der Waals surface area (Å²) >= 11 is 0. The molecule has 0 aromatic heterocycles. The Balaban J connectivity index is 1.64. The number of nitrogens with zero attached hydrogens (tertiary/aromatic N) is 1. The molecular formula is C19H30N2. The van der Waals surface area contributed by atoms with E-state index in [1.165, 1.54) is 44.2 Å². The van der Waals surface area contributed by atoms with Gasteiger partial charge in [-0.1, -0.05) is 43.7 Å². The van der Waals surface area contributed by atoms with Gasteiger partial charge in [-0.15, -0.1) is 0 Å². The Bertz CT molecular complexity index is 436. The molecule has 1 atom stereocenters. The maximum absolute atomic E-state index is 3.76. The Hall–Kier alpha value is -0.860. The standard InChI is InChI=1S/C19H30N2/c1-19(14-20-18-11-12-18,17-9-4-3-5-10-17)15-21(2)13-16-7-6-8-16/h3-5,9-10,16,18,20H,6-8,11-15H2,1-2H3. The van der Waals surface area contributed by atoms with Crippen molar-refractivity contribution >= 4 is 0 Å². The van der Waals surface area contributed by atoms with E-state index in [0.29, 0.717) is 0 Å². The van der Waals surface area contributed by atoms with Gasteiger partial charge < -0.3 is 10.2 Å². The van der Waals surface area contributed by atoms with E-state index >= 15 is 0 Å². The summed E-state index contributed by atoms with van der Waals surface area (Å²) in [7, 11) is 2.30. The van der Waals surface area contributed by atoms with Gasteiger partial charge in [0.1, 0.15) is 0 Å². The van der Waals surface area contributed by atoms with Crippen molar-refractivity contribution in [2.45, 2.75) is 50.5 Å². The minimum Gasteiger partial charge on any atom is -0.313 e. The van der Waals surface area contributed by atoms with Crippen LogP contribution in [0.5, 0.6) is 0 Å². The SMILES string of the molecule is CN(CC1CCC1)CC(C)(CNC1CC1)c1ccccc1. The monoisotopic (exact) mass is 286 g/mol. The number of hydrogen-bond acceptors (Lipinski definition) is 2. The highest BCUT2D eigenvalue weighted by Gasteiger charge is 2.32. The fraction of sp³-hybridized carbons (Fsp3) is 0.684. The van der Waals surface area contributed by atoms with Gasteiger partial charge in [0.05, 0.1) is 0 Å². The number of likely N-dealkylation sites (N-methyl/N-ethyl adjacent to an activating group) is 1. The second-order valence-electron chi connectivity index (χ2n) is 7.58. The first-order chi connectivity index (χ1) is 10.2. The molecule has 2 aliphatic rings. The zero-order chi connectivity index (χ0) is 14.7. The van der Waals surface area contributed by atoms with Crippen LogP contribution < -0.4 is 5.32 Å². The van der Waals surface area contributed by atoms with Gasteiger partial charge in [0.2, 0.25) is 0 Å². The predicted octanol–water partition coefficient (Wildman–Crippen LogP) is 3.43. The molecule has 1 aromatic rings. The third kappa shape index (κ3) is 4.08. The lowest BCUT2D eigenvalue weighted by atomic mass is 9.80. The average Bonchev–Trinajstić information content (AvgIpc) is 3.26. The van der Waals surface area contributed by atoms with Crippen LogP contribution in [0.4, 0.5) is 0 Å². The minimum absolute atomic E-state index is 0.211. The molecule has 2 nitrogen and oxygen atoms in total. The van der Waals surface area contributed by atoms with Gasteiger partial charge >= 0.3 is 0 Å². The lowest BCUT2D eigenvalue weighted by molar-refractivity contribution is 0.174. The molecule has 1 N–H and O–H groups in total. The Morgan fingerprint density at radius 2 is 1.86 bits per heavy atom. The Kier molecular flexibility index (Phi) is 4.66. The van der Waals surface area contributed by atoms with Crippen molar-refractivity contribution in [3.05, 3.63) is 35.9 Å². The highest BCUT2D eigenvalue weighted by molar-refractivity contribution is 5.26. The molecule has 0 bridgehead atoms. The van der Waals surface area contributed by atoms with Crippen molar-refractivity contribution in [2.24, 2.45) is 5.92 Å². The summed E-state index contributed by atoms with van der Waals surface area (Å²) in [5, 5.41) is 3.76. The van der Waals surface area contributed by atoms with Crippen molar-refractivity contribution in [1.29, 1.82) is 0 Å². The second kappa shape index (κ2) is 6.50. The molecule has 2 fully saturated rings. The zero-order valence-electron chi connectivity index (χ0n) is 13.6. The van der Waals surface area contributed by atoms with E-state index in [1.54, 1.807) is 0 Å². The van der Waals surface area contributed by atoms with Crippen molar-refractivity contribution in [3.8, 4) is 0 Å². The molecule has 0 amide bonds. The summed E-state index contributed by atoms with van der Waals surface area (Å²) in [5.74, 6) is 0.950. The normalized spacial score (nSPS) is 22.0. The van der Waals surface area contributed by atoms with E-state index in [1.807, 2.05) is 0 Å². The summed E-state index contributed by atoms with van der Waals surface area (Å²) in [6, 6.07) is 11.9. The summed E-state index contributed by atoms with van der Waals surface area (Å²) in [6.07, 6.45) is 7.04. The minimum atomic E-state index is 0.211. The largest absolute Gasteiger partial charge is 0.313 e. The predicted molar refractivity (Wildman–Crippen MR) is 89.7 cm³/mol. The molecule has 0 radical (unpaired) electrons. The molecule has 21 heavy (non-hydrogen) atoms. The quantitative estimate of drug-likeness (QED) is 0.787. The zero-order valence-corrected chi connectivity index (χ0v) is 13.6. The fourth-order valence-corrected chi connectivity index (χ4v) is 3.52. The van der Waals surface area contributed by atoms with Crippen LogP contribution in [-0.4, -0.2) is 37.6 Å². The van der Waals surface area contributed by atoms with Crippen LogP contribution in [0.1, 0.15) is 44.6 Å². The molecule has 0 heterocycles. The summed E-state index contributed by atoms with van der Waals surface area (Å²) in [6.45, 7) is 5.94. The van der Waals surface area contributed by atoms with Crippen molar-refractivity contribution in [1.82, 2.24) is 10.2 Å². The first kappa shape index (κ1) is 15.1. The van der Waals surface area contributed by atoms with E-state index in [2.05, 4.69) is 54.5 Å². The van der Waals surface area contributed by atoms with E-state index < -0.39 is 0 Å². The average molecular weight is 286 g/mol. The molecule has 1 aromatic carbocycles. The lowest BCUT2D eigenvalue weighted by Gasteiger charge is -2.38. The lowest BCUT2D eigenvalue weighted by Crippen LogP contribution is -2.46. The topological polar surface area (TPSA) is 15.3 Å². The third-order valence-electron chi connectivity index (χ3n) is 5.24. The maximum Gasteiger partial charge on any atom is 0.0177 e. The molecule has 2 heteroatoms. The van der Waals surface area contributed by atoms with Crippen molar-refractivity contribution in [3.63, 3.8) is 0 Å². The van der Waals surface area contributed by atoms with Gasteiger partial charge in [0.25, 0.3) is 0 Å². The Labute approximate surface area is 129 Å². The first-order valence-electron chi connectivity index (χ1n) is 8.63. The smallest absolute Gasteiger partial charge is 0.0177 e. The highest BCUT2D eigenvalue weighted by Crippen LogP contribution is 2.30. The number of nitrogens with one attached hydrogen (secondary N) is 1. The molecule has 116 valence electrons. The summed E-state index contributed by atoms with van der Waals surface area (Å²) in [5.41, 5.74) is 1.68. The van der Waals surface area contributed by atoms with Gasteiger partial charge in [0.15, 0.2) is 0 Å². The van der Waals surface area contributed by atoms with Gasteiger partial charge in [-0.25, -0.2) is 0 Å². The second-order valence-corrected chi connectivity index (χ2v) is 7.58. The van der Waals surface area contributed by atoms with Crippen molar-refractivity contribution < 1.29 is 0 Å². The van der Waals surface area contributed by atoms with Crippen LogP contribution in [-0.2, 0) is 5.41 Å². The molecular weight excluding hydrogens is 256 g/mol. The van der Waals surface area contributed by atoms with Gasteiger partial charge in [-0.05, 0) is 44.2 Å². The molecule has 0 spiro atoms. The van der Waals surface area contributed by atoms with Crippen LogP contribution in [0.25, 0.3) is 0 Å². The van der Waals surface area contributed by atoms with Gasteiger partial charge in [-0.2, -0.15) is 0 Å². The molecule has 2 saturated carbocycles. The Morgan fingerprint density at radius 3 is 2.43 bits per heavy atom. The van der Waals surface area contributed by atoms with E-state index in [4.69, 9.17) is 0 Å². The molecule has 0 saturated heterocycles. The number of rotatable bonds is 8. The first-order valence-corrected chi connectivity index (χ1v) is 8.63. The molecule has 2 aliphatic carbocycles. The number of benzene rings is 1. The highest BCUT2D eigenvalue weighted by atomic mass is 15.1. The molecule has 0 aliphatic heterocycles. The fourth-order valence-electron chi connectivity index (χ4n) is 3.52. The van der Waals surface area contributed by atoms with Crippen LogP contribution in [0.2, 0.25) is 0 Å². The van der Waals surface area contributed by atoms with Crippen LogP contribution >= 0.6 is 0 Å². The van der Waals surface area contributed by atoms with E-state index in [0.717, 1.165) is 25.0 Å². The molecule has 3 rings (SSSR count). The van der Waals surface area contributed by atoms with Crippen LogP contribution in [0.15, 0.2) is 30.3 Å². The summed E-state index contributed by atoms with van der Waals surface area (Å²) < 4.78 is 0. The maximum atomic E-state index is 3.76. The van der Waals surface area contributed by atoms with E-state index in [9.17, 15) is 0 Å². The van der Waals surface area contributed by atoms with Gasteiger partial charge in [-0.3, -0.25) is 0 Å². The van der Waals surface area contributed by atoms with Gasteiger partial charge in [0, 0.05) is 31.1 Å². The Morgan fingerprint density at radius 1 is 1.14 bits per heavy atom. The number of hydrogen-bond donors (Lipinski definition) is 1. The van der Waals surface area contributed by atoms with Crippen molar-refractivity contribution in [2.75, 3.05) is 26.7 Å². The van der Waals surface area contributed by atoms with Crippen LogP contribution in [0, 0.1) is 5.92 Å². The summed E-state index contributed by atoms with van der Waals surface area (Å²) in [4.78, 5) is 2.56. The molecule has 1 unspecified atom stereocenters. The van der Waals surface area contributed by atoms with E-state index in [-0.39, 0.29) is 5.41 Å².